The molecule has 4 heterocycles. The number of hydrogen-bond donors (Lipinski definition) is 0. The van der Waals surface area contributed by atoms with Crippen LogP contribution in [0.2, 0.25) is 5.02 Å². The van der Waals surface area contributed by atoms with Gasteiger partial charge in [-0.25, -0.2) is 8.78 Å². The quantitative estimate of drug-likeness (QED) is 0.352. The number of alkyl halides is 1. The van der Waals surface area contributed by atoms with Gasteiger partial charge in [0.05, 0.1) is 35.8 Å². The molecule has 1 amide bonds. The van der Waals surface area contributed by atoms with Crippen molar-refractivity contribution in [2.24, 2.45) is 0 Å². The van der Waals surface area contributed by atoms with E-state index in [1.54, 1.807) is 0 Å². The van der Waals surface area contributed by atoms with Gasteiger partial charge in [0.15, 0.2) is 5.83 Å². The third-order valence-corrected chi connectivity index (χ3v) is 9.15. The zero-order chi connectivity index (χ0) is 31.0. The SMILES string of the molecule is C=C(F)C(=O)N1CCN(c2nc(OC[C@H]3C[C@@H](F)CN3C)nc3c2CCN(c2cccc4cccc(Cl)c24)C3)C[C@@H]1CC#N. The van der Waals surface area contributed by atoms with Gasteiger partial charge in [-0.05, 0) is 37.4 Å². The Hall–Kier alpha value is -4.01. The lowest BCUT2D eigenvalue weighted by atomic mass is 10.0. The standard InChI is InChI=1S/C32H34ClF2N7O2/c1-20(34)31(43)42-14-13-41(17-23(42)9-11-36)30-25-10-12-40(28-8-4-6-21-5-3-7-26(33)29(21)28)18-27(25)37-32(38-30)44-19-24-15-22(35)16-39(24)2/h3-8,22-24H,1,9-10,12-19H2,2H3/t22-,23+,24-/m1/s1. The van der Waals surface area contributed by atoms with Crippen LogP contribution in [0.5, 0.6) is 6.01 Å². The van der Waals surface area contributed by atoms with Gasteiger partial charge in [-0.2, -0.15) is 15.2 Å². The molecule has 2 aromatic carbocycles. The summed E-state index contributed by atoms with van der Waals surface area (Å²) in [5.41, 5.74) is 2.78. The van der Waals surface area contributed by atoms with E-state index >= 15 is 0 Å². The minimum Gasteiger partial charge on any atom is -0.462 e. The summed E-state index contributed by atoms with van der Waals surface area (Å²) >= 11 is 6.66. The molecule has 3 aromatic rings. The van der Waals surface area contributed by atoms with Crippen molar-refractivity contribution < 1.29 is 18.3 Å². The lowest BCUT2D eigenvalue weighted by Crippen LogP contribution is -2.55. The molecule has 230 valence electrons. The number of hydrogen-bond acceptors (Lipinski definition) is 8. The summed E-state index contributed by atoms with van der Waals surface area (Å²) in [5.74, 6) is -1.16. The molecular formula is C32H34ClF2N7O2. The number of benzene rings is 2. The van der Waals surface area contributed by atoms with Crippen molar-refractivity contribution in [3.05, 3.63) is 65.1 Å². The van der Waals surface area contributed by atoms with Crippen LogP contribution in [0.25, 0.3) is 10.8 Å². The Kier molecular flexibility index (Phi) is 8.56. The minimum atomic E-state index is -1.04. The molecule has 1 aromatic heterocycles. The molecule has 0 bridgehead atoms. The fourth-order valence-corrected chi connectivity index (χ4v) is 6.87. The Labute approximate surface area is 260 Å². The van der Waals surface area contributed by atoms with Gasteiger partial charge in [0.1, 0.15) is 18.6 Å². The molecule has 2 fully saturated rings. The zero-order valence-electron chi connectivity index (χ0n) is 24.6. The van der Waals surface area contributed by atoms with E-state index in [2.05, 4.69) is 23.6 Å². The minimum absolute atomic E-state index is 0.0418. The smallest absolute Gasteiger partial charge is 0.318 e. The fourth-order valence-electron chi connectivity index (χ4n) is 6.59. The lowest BCUT2D eigenvalue weighted by molar-refractivity contribution is -0.131. The summed E-state index contributed by atoms with van der Waals surface area (Å²) in [6, 6.07) is 13.7. The van der Waals surface area contributed by atoms with Gasteiger partial charge in [-0.15, -0.1) is 0 Å². The second-order valence-electron chi connectivity index (χ2n) is 11.6. The highest BCUT2D eigenvalue weighted by atomic mass is 35.5. The van der Waals surface area contributed by atoms with Crippen LogP contribution in [0.1, 0.15) is 24.1 Å². The van der Waals surface area contributed by atoms with Crippen molar-refractivity contribution >= 4 is 39.8 Å². The number of rotatable bonds is 7. The summed E-state index contributed by atoms with van der Waals surface area (Å²) in [6.07, 6.45) is 0.172. The lowest BCUT2D eigenvalue weighted by Gasteiger charge is -2.42. The van der Waals surface area contributed by atoms with Crippen LogP contribution in [-0.2, 0) is 17.8 Å². The third-order valence-electron chi connectivity index (χ3n) is 8.84. The number of carbonyl (C=O) groups is 1. The number of anilines is 2. The highest BCUT2D eigenvalue weighted by Gasteiger charge is 2.35. The Bertz CT molecular complexity index is 1630. The summed E-state index contributed by atoms with van der Waals surface area (Å²) < 4.78 is 34.0. The van der Waals surface area contributed by atoms with E-state index in [4.69, 9.17) is 26.3 Å². The van der Waals surface area contributed by atoms with Crippen LogP contribution < -0.4 is 14.5 Å². The summed E-state index contributed by atoms with van der Waals surface area (Å²) in [6.45, 7) is 5.86. The molecule has 12 heteroatoms. The molecule has 0 N–H and O–H groups in total. The van der Waals surface area contributed by atoms with Crippen LogP contribution in [0.3, 0.4) is 0 Å². The monoisotopic (exact) mass is 621 g/mol. The second kappa shape index (κ2) is 12.5. The van der Waals surface area contributed by atoms with Crippen LogP contribution in [0.4, 0.5) is 20.3 Å². The molecule has 3 aliphatic heterocycles. The van der Waals surface area contributed by atoms with E-state index in [1.807, 2.05) is 47.2 Å². The number of ether oxygens (including phenoxy) is 1. The fraction of sp³-hybridized carbons (Fsp3) is 0.438. The first-order valence-electron chi connectivity index (χ1n) is 14.8. The average Bonchev–Trinajstić information content (AvgIpc) is 3.35. The van der Waals surface area contributed by atoms with Crippen molar-refractivity contribution in [3.8, 4) is 12.1 Å². The number of nitrogens with zero attached hydrogens (tertiary/aromatic N) is 7. The van der Waals surface area contributed by atoms with Gasteiger partial charge in [0.25, 0.3) is 5.91 Å². The molecule has 0 unspecified atom stereocenters. The molecular weight excluding hydrogens is 588 g/mol. The molecule has 6 rings (SSSR count). The highest BCUT2D eigenvalue weighted by Crippen LogP contribution is 2.37. The molecule has 9 nitrogen and oxygen atoms in total. The summed E-state index contributed by atoms with van der Waals surface area (Å²) in [4.78, 5) is 29.8. The Morgan fingerprint density at radius 3 is 2.66 bits per heavy atom. The average molecular weight is 622 g/mol. The second-order valence-corrected chi connectivity index (χ2v) is 12.1. The number of halogens is 3. The highest BCUT2D eigenvalue weighted by molar-refractivity contribution is 6.36. The van der Waals surface area contributed by atoms with Gasteiger partial charge >= 0.3 is 6.01 Å². The first kappa shape index (κ1) is 30.0. The van der Waals surface area contributed by atoms with Gasteiger partial charge in [-0.1, -0.05) is 42.4 Å². The normalized spacial score (nSPS) is 22.2. The van der Waals surface area contributed by atoms with Crippen molar-refractivity contribution in [2.75, 3.05) is 56.2 Å². The Balaban J connectivity index is 1.34. The maximum Gasteiger partial charge on any atom is 0.318 e. The molecule has 3 aliphatic rings. The van der Waals surface area contributed by atoms with E-state index in [0.29, 0.717) is 56.4 Å². The predicted octanol–water partition coefficient (Wildman–Crippen LogP) is 4.68. The van der Waals surface area contributed by atoms with Crippen LogP contribution in [0, 0.1) is 11.3 Å². The topological polar surface area (TPSA) is 88.8 Å². The van der Waals surface area contributed by atoms with E-state index in [-0.39, 0.29) is 31.6 Å². The molecule has 0 aliphatic carbocycles. The largest absolute Gasteiger partial charge is 0.462 e. The molecule has 2 saturated heterocycles. The van der Waals surface area contributed by atoms with Crippen LogP contribution >= 0.6 is 11.6 Å². The molecule has 0 radical (unpaired) electrons. The first-order chi connectivity index (χ1) is 21.2. The number of amides is 1. The van der Waals surface area contributed by atoms with Gasteiger partial charge in [0, 0.05) is 55.4 Å². The number of piperazine rings is 1. The zero-order valence-corrected chi connectivity index (χ0v) is 25.3. The first-order valence-corrected chi connectivity index (χ1v) is 15.2. The maximum atomic E-state index is 14.0. The maximum absolute atomic E-state index is 14.0. The van der Waals surface area contributed by atoms with E-state index < -0.39 is 23.9 Å². The van der Waals surface area contributed by atoms with Crippen molar-refractivity contribution in [1.29, 1.82) is 5.26 Å². The molecule has 0 saturated carbocycles. The molecule has 44 heavy (non-hydrogen) atoms. The third kappa shape index (κ3) is 5.88. The van der Waals surface area contributed by atoms with Gasteiger partial charge in [-0.3, -0.25) is 9.69 Å². The van der Waals surface area contributed by atoms with E-state index in [0.717, 1.165) is 27.7 Å². The number of carbonyl (C=O) groups excluding carboxylic acids is 1. The number of likely N-dealkylation sites (N-methyl/N-ethyl adjacent to an activating group) is 1. The van der Waals surface area contributed by atoms with Gasteiger partial charge in [0.2, 0.25) is 0 Å². The molecule has 3 atom stereocenters. The van der Waals surface area contributed by atoms with Crippen LogP contribution in [0.15, 0.2) is 48.8 Å². The van der Waals surface area contributed by atoms with Gasteiger partial charge < -0.3 is 19.4 Å². The van der Waals surface area contributed by atoms with Crippen LogP contribution in [-0.4, -0.2) is 90.3 Å². The Morgan fingerprint density at radius 2 is 1.93 bits per heavy atom. The van der Waals surface area contributed by atoms with Crippen molar-refractivity contribution in [2.45, 2.75) is 44.1 Å². The summed E-state index contributed by atoms with van der Waals surface area (Å²) in [7, 11) is 1.88. The Morgan fingerprint density at radius 1 is 1.14 bits per heavy atom. The summed E-state index contributed by atoms with van der Waals surface area (Å²) in [5, 5.41) is 12.2. The number of likely N-dealkylation sites (tertiary alicyclic amines) is 1. The molecule has 0 spiro atoms. The number of nitriles is 1. The number of fused-ring (bicyclic) bond motifs is 2. The van der Waals surface area contributed by atoms with Crippen molar-refractivity contribution in [3.63, 3.8) is 0 Å². The number of aromatic nitrogens is 2. The van der Waals surface area contributed by atoms with Crippen molar-refractivity contribution in [1.82, 2.24) is 19.8 Å². The van der Waals surface area contributed by atoms with E-state index in [9.17, 15) is 18.8 Å². The predicted molar refractivity (Wildman–Crippen MR) is 165 cm³/mol. The van der Waals surface area contributed by atoms with E-state index in [1.165, 1.54) is 4.90 Å².